The normalized spacial score (nSPS) is 15.9. The molecule has 2 heterocycles. The average Bonchev–Trinajstić information content (AvgIpc) is 2.81. The second kappa shape index (κ2) is 9.59. The Kier molecular flexibility index (Phi) is 6.58. The first kappa shape index (κ1) is 23.4. The molecule has 1 aliphatic heterocycles. The third-order valence-electron chi connectivity index (χ3n) is 6.36. The van der Waals surface area contributed by atoms with E-state index in [4.69, 9.17) is 10.5 Å². The van der Waals surface area contributed by atoms with Gasteiger partial charge in [-0.1, -0.05) is 19.1 Å². The Labute approximate surface area is 198 Å². The molecule has 0 radical (unpaired) electrons. The number of aromatic nitrogens is 1. The van der Waals surface area contributed by atoms with Gasteiger partial charge in [-0.3, -0.25) is 9.78 Å². The predicted molar refractivity (Wildman–Crippen MR) is 129 cm³/mol. The topological polar surface area (TPSA) is 126 Å². The minimum atomic E-state index is -1.12. The molecule has 0 saturated carbocycles. The monoisotopic (exact) mass is 463 g/mol. The van der Waals surface area contributed by atoms with Crippen molar-refractivity contribution < 1.29 is 24.5 Å². The number of fused-ring (bicyclic) bond motifs is 1. The maximum absolute atomic E-state index is 12.9. The summed E-state index contributed by atoms with van der Waals surface area (Å²) in [5.41, 5.74) is 8.80. The highest BCUT2D eigenvalue weighted by molar-refractivity contribution is 6.07. The molecular weight excluding hydrogens is 434 g/mol. The number of carboxylic acid groups (broad SMARTS) is 1. The van der Waals surface area contributed by atoms with Gasteiger partial charge < -0.3 is 25.6 Å². The number of phenolic OH excluding ortho intramolecular Hbond substituents is 1. The lowest BCUT2D eigenvalue weighted by atomic mass is 9.97. The van der Waals surface area contributed by atoms with Gasteiger partial charge in [-0.25, -0.2) is 4.79 Å². The van der Waals surface area contributed by atoms with Crippen LogP contribution >= 0.6 is 0 Å². The van der Waals surface area contributed by atoms with E-state index in [1.165, 1.54) is 12.1 Å². The number of hydrogen-bond acceptors (Lipinski definition) is 6. The molecule has 4 N–H and O–H groups in total. The van der Waals surface area contributed by atoms with E-state index in [9.17, 15) is 19.8 Å². The molecule has 34 heavy (non-hydrogen) atoms. The number of pyridine rings is 1. The quantitative estimate of drug-likeness (QED) is 0.504. The predicted octanol–water partition coefficient (Wildman–Crippen LogP) is 4.02. The highest BCUT2D eigenvalue weighted by Gasteiger charge is 2.26. The number of nitrogens with two attached hydrogens (primary N) is 1. The second-order valence-corrected chi connectivity index (χ2v) is 8.71. The fraction of sp³-hybridized carbons (Fsp3) is 0.346. The summed E-state index contributed by atoms with van der Waals surface area (Å²) < 4.78 is 6.30. The first-order valence-corrected chi connectivity index (χ1v) is 11.5. The average molecular weight is 464 g/mol. The number of carbonyl (C=O) groups is 2. The first-order chi connectivity index (χ1) is 16.3. The zero-order valence-electron chi connectivity index (χ0n) is 19.4. The van der Waals surface area contributed by atoms with E-state index < -0.39 is 5.97 Å². The largest absolute Gasteiger partial charge is 0.508 e. The maximum atomic E-state index is 12.9. The smallest absolute Gasteiger partial charge is 0.339 e. The van der Waals surface area contributed by atoms with Crippen LogP contribution in [0.1, 0.15) is 51.7 Å². The standard InChI is InChI=1S/C26H29N3O5/c1-3-17-9-10-20-22(23(27)21(26(32)33)15(2)28-20)24(17)34-14-16-6-5-11-29(13-16)25(31)18-7-4-8-19(30)12-18/h4,7-10,12,16,30H,3,5-6,11,13-14H2,1-2H3,(H2,27,28)(H,32,33). The molecule has 1 atom stereocenters. The van der Waals surface area contributed by atoms with E-state index in [2.05, 4.69) is 4.98 Å². The molecule has 0 spiro atoms. The van der Waals surface area contributed by atoms with Crippen LogP contribution in [0.3, 0.4) is 0 Å². The number of ether oxygens (including phenoxy) is 1. The summed E-state index contributed by atoms with van der Waals surface area (Å²) in [6.07, 6.45) is 2.44. The number of nitrogens with zero attached hydrogens (tertiary/aromatic N) is 2. The van der Waals surface area contributed by atoms with Crippen molar-refractivity contribution in [2.75, 3.05) is 25.4 Å². The molecule has 1 saturated heterocycles. The van der Waals surface area contributed by atoms with Crippen LogP contribution in [0.25, 0.3) is 10.9 Å². The molecule has 2 aromatic carbocycles. The second-order valence-electron chi connectivity index (χ2n) is 8.71. The number of carboxylic acids is 1. The van der Waals surface area contributed by atoms with Crippen LogP contribution in [0.15, 0.2) is 36.4 Å². The van der Waals surface area contributed by atoms with E-state index in [1.807, 2.05) is 19.1 Å². The van der Waals surface area contributed by atoms with Gasteiger partial charge in [-0.2, -0.15) is 0 Å². The fourth-order valence-corrected chi connectivity index (χ4v) is 4.65. The van der Waals surface area contributed by atoms with Crippen molar-refractivity contribution in [1.29, 1.82) is 0 Å². The summed E-state index contributed by atoms with van der Waals surface area (Å²) in [6, 6.07) is 10.1. The lowest BCUT2D eigenvalue weighted by molar-refractivity contribution is 0.0632. The number of likely N-dealkylation sites (tertiary alicyclic amines) is 1. The Bertz CT molecular complexity index is 1260. The van der Waals surface area contributed by atoms with Crippen molar-refractivity contribution >= 4 is 28.5 Å². The zero-order valence-corrected chi connectivity index (χ0v) is 19.4. The van der Waals surface area contributed by atoms with E-state index in [0.717, 1.165) is 18.4 Å². The summed E-state index contributed by atoms with van der Waals surface area (Å²) in [5.74, 6) is -0.508. The Balaban J connectivity index is 1.58. The van der Waals surface area contributed by atoms with Gasteiger partial charge in [0.15, 0.2) is 0 Å². The van der Waals surface area contributed by atoms with Crippen molar-refractivity contribution in [1.82, 2.24) is 9.88 Å². The summed E-state index contributed by atoms with van der Waals surface area (Å²) in [6.45, 7) is 5.19. The Morgan fingerprint density at radius 2 is 2.06 bits per heavy atom. The molecule has 0 aliphatic carbocycles. The van der Waals surface area contributed by atoms with Gasteiger partial charge in [0.1, 0.15) is 17.1 Å². The number of hydrogen-bond donors (Lipinski definition) is 3. The van der Waals surface area contributed by atoms with Crippen LogP contribution in [0.4, 0.5) is 5.69 Å². The van der Waals surface area contributed by atoms with Crippen LogP contribution in [-0.2, 0) is 6.42 Å². The first-order valence-electron chi connectivity index (χ1n) is 11.5. The Morgan fingerprint density at radius 1 is 1.26 bits per heavy atom. The Morgan fingerprint density at radius 3 is 2.76 bits per heavy atom. The van der Waals surface area contributed by atoms with Crippen LogP contribution in [0.5, 0.6) is 11.5 Å². The molecule has 4 rings (SSSR count). The van der Waals surface area contributed by atoms with Crippen LogP contribution in [-0.4, -0.2) is 51.7 Å². The number of phenols is 1. The number of anilines is 1. The summed E-state index contributed by atoms with van der Waals surface area (Å²) in [5, 5.41) is 19.9. The van der Waals surface area contributed by atoms with Crippen molar-refractivity contribution in [2.24, 2.45) is 5.92 Å². The minimum absolute atomic E-state index is 0.00819. The van der Waals surface area contributed by atoms with E-state index >= 15 is 0 Å². The molecule has 178 valence electrons. The van der Waals surface area contributed by atoms with Crippen LogP contribution < -0.4 is 10.5 Å². The number of benzene rings is 2. The third kappa shape index (κ3) is 4.48. The summed E-state index contributed by atoms with van der Waals surface area (Å²) >= 11 is 0. The molecule has 1 aliphatic rings. The van der Waals surface area contributed by atoms with E-state index in [0.29, 0.717) is 54.0 Å². The van der Waals surface area contributed by atoms with Gasteiger partial charge >= 0.3 is 5.97 Å². The molecule has 8 heteroatoms. The molecule has 1 aromatic heterocycles. The van der Waals surface area contributed by atoms with Gasteiger partial charge in [0, 0.05) is 24.6 Å². The molecule has 8 nitrogen and oxygen atoms in total. The van der Waals surface area contributed by atoms with Gasteiger partial charge in [0.05, 0.1) is 28.9 Å². The molecule has 1 unspecified atom stereocenters. The molecular formula is C26H29N3O5. The third-order valence-corrected chi connectivity index (χ3v) is 6.36. The van der Waals surface area contributed by atoms with E-state index in [1.54, 1.807) is 24.0 Å². The van der Waals surface area contributed by atoms with Crippen LogP contribution in [0.2, 0.25) is 0 Å². The van der Waals surface area contributed by atoms with Gasteiger partial charge in [-0.15, -0.1) is 0 Å². The number of aromatic carboxylic acids is 1. The molecule has 3 aromatic rings. The minimum Gasteiger partial charge on any atom is -0.508 e. The molecule has 1 fully saturated rings. The lowest BCUT2D eigenvalue weighted by Gasteiger charge is -2.33. The summed E-state index contributed by atoms with van der Waals surface area (Å²) in [7, 11) is 0. The zero-order chi connectivity index (χ0) is 24.4. The number of piperidine rings is 1. The van der Waals surface area contributed by atoms with E-state index in [-0.39, 0.29) is 28.8 Å². The highest BCUT2D eigenvalue weighted by Crippen LogP contribution is 2.37. The highest BCUT2D eigenvalue weighted by atomic mass is 16.5. The number of aromatic hydroxyl groups is 1. The molecule has 0 bridgehead atoms. The van der Waals surface area contributed by atoms with Gasteiger partial charge in [-0.05, 0) is 56.0 Å². The summed E-state index contributed by atoms with van der Waals surface area (Å²) in [4.78, 5) is 30.9. The Hall–Kier alpha value is -3.81. The number of amides is 1. The molecule has 1 amide bonds. The maximum Gasteiger partial charge on any atom is 0.339 e. The lowest BCUT2D eigenvalue weighted by Crippen LogP contribution is -2.41. The number of aryl methyl sites for hydroxylation is 2. The van der Waals surface area contributed by atoms with Crippen molar-refractivity contribution in [3.05, 3.63) is 58.8 Å². The van der Waals surface area contributed by atoms with Crippen molar-refractivity contribution in [2.45, 2.75) is 33.1 Å². The number of carbonyl (C=O) groups excluding carboxylic acids is 1. The number of nitrogen functional groups attached to an aromatic ring is 1. The van der Waals surface area contributed by atoms with Crippen LogP contribution in [0, 0.1) is 12.8 Å². The van der Waals surface area contributed by atoms with Crippen molar-refractivity contribution in [3.63, 3.8) is 0 Å². The van der Waals surface area contributed by atoms with Gasteiger partial charge in [0.25, 0.3) is 5.91 Å². The van der Waals surface area contributed by atoms with Gasteiger partial charge in [0.2, 0.25) is 0 Å². The SMILES string of the molecule is CCc1ccc2nc(C)c(C(=O)O)c(N)c2c1OCC1CCCN(C(=O)c2cccc(O)c2)C1. The fourth-order valence-electron chi connectivity index (χ4n) is 4.65. The number of rotatable bonds is 6. The van der Waals surface area contributed by atoms with Crippen molar-refractivity contribution in [3.8, 4) is 11.5 Å².